The van der Waals surface area contributed by atoms with Gasteiger partial charge in [-0.1, -0.05) is 20.8 Å². The number of nitrogens with zero attached hydrogens (tertiary/aromatic N) is 1. The van der Waals surface area contributed by atoms with Crippen LogP contribution in [-0.2, 0) is 4.79 Å². The Balaban J connectivity index is 2.66. The summed E-state index contributed by atoms with van der Waals surface area (Å²) in [7, 11) is 1.89. The summed E-state index contributed by atoms with van der Waals surface area (Å²) in [6, 6.07) is 4.16. The van der Waals surface area contributed by atoms with Crippen LogP contribution in [0.5, 0.6) is 0 Å². The molecule has 20 heavy (non-hydrogen) atoms. The Morgan fingerprint density at radius 1 is 1.45 bits per heavy atom. The Hall–Kier alpha value is -1.62. The minimum Gasteiger partial charge on any atom is -0.397 e. The predicted octanol–water partition coefficient (Wildman–Crippen LogP) is 2.71. The van der Waals surface area contributed by atoms with E-state index in [9.17, 15) is 9.18 Å². The Morgan fingerprint density at radius 3 is 2.60 bits per heavy atom. The van der Waals surface area contributed by atoms with E-state index in [0.29, 0.717) is 11.4 Å². The molecule has 1 aromatic rings. The minimum atomic E-state index is -0.425. The fourth-order valence-electron chi connectivity index (χ4n) is 1.85. The van der Waals surface area contributed by atoms with Crippen LogP contribution >= 0.6 is 0 Å². The van der Waals surface area contributed by atoms with Gasteiger partial charge >= 0.3 is 0 Å². The van der Waals surface area contributed by atoms with Crippen LogP contribution in [0.15, 0.2) is 18.2 Å². The first-order chi connectivity index (χ1) is 9.11. The second-order valence-electron chi connectivity index (χ2n) is 6.24. The quantitative estimate of drug-likeness (QED) is 0.834. The fourth-order valence-corrected chi connectivity index (χ4v) is 1.85. The van der Waals surface area contributed by atoms with Crippen LogP contribution in [0, 0.1) is 11.2 Å². The zero-order valence-electron chi connectivity index (χ0n) is 12.8. The number of carbonyl (C=O) groups excluding carboxylic acids is 1. The first-order valence-corrected chi connectivity index (χ1v) is 6.66. The molecule has 0 saturated carbocycles. The Labute approximate surface area is 120 Å². The molecule has 0 bridgehead atoms. The van der Waals surface area contributed by atoms with Crippen molar-refractivity contribution in [3.63, 3.8) is 0 Å². The zero-order valence-corrected chi connectivity index (χ0v) is 12.8. The largest absolute Gasteiger partial charge is 0.397 e. The normalized spacial score (nSPS) is 13.3. The molecule has 1 amide bonds. The summed E-state index contributed by atoms with van der Waals surface area (Å²) in [5, 5.41) is 2.64. The number of rotatable bonds is 4. The molecule has 112 valence electrons. The molecule has 1 unspecified atom stereocenters. The Kier molecular flexibility index (Phi) is 5.11. The third-order valence-corrected chi connectivity index (χ3v) is 3.60. The smallest absolute Gasteiger partial charge is 0.238 e. The number of halogens is 1. The lowest BCUT2D eigenvalue weighted by Crippen LogP contribution is -2.43. The summed E-state index contributed by atoms with van der Waals surface area (Å²) in [4.78, 5) is 14.0. The highest BCUT2D eigenvalue weighted by Gasteiger charge is 2.25. The van der Waals surface area contributed by atoms with Gasteiger partial charge in [0.05, 0.1) is 17.9 Å². The summed E-state index contributed by atoms with van der Waals surface area (Å²) in [6.07, 6.45) is 0. The van der Waals surface area contributed by atoms with Crippen molar-refractivity contribution in [1.29, 1.82) is 0 Å². The number of nitrogen functional groups attached to an aromatic ring is 1. The summed E-state index contributed by atoms with van der Waals surface area (Å²) < 4.78 is 13.1. The molecule has 0 fully saturated rings. The number of likely N-dealkylation sites (N-methyl/N-ethyl adjacent to an activating group) is 1. The second-order valence-corrected chi connectivity index (χ2v) is 6.24. The van der Waals surface area contributed by atoms with E-state index < -0.39 is 5.82 Å². The van der Waals surface area contributed by atoms with Gasteiger partial charge in [-0.3, -0.25) is 9.69 Å². The van der Waals surface area contributed by atoms with Crippen LogP contribution in [0.3, 0.4) is 0 Å². The number of carbonyl (C=O) groups is 1. The van der Waals surface area contributed by atoms with Gasteiger partial charge in [0.1, 0.15) is 5.82 Å². The van der Waals surface area contributed by atoms with Gasteiger partial charge in [0.25, 0.3) is 0 Å². The van der Waals surface area contributed by atoms with Gasteiger partial charge in [-0.05, 0) is 37.6 Å². The van der Waals surface area contributed by atoms with Crippen LogP contribution in [0.4, 0.5) is 15.8 Å². The molecule has 0 aromatic heterocycles. The van der Waals surface area contributed by atoms with Gasteiger partial charge in [0.15, 0.2) is 0 Å². The third-order valence-electron chi connectivity index (χ3n) is 3.60. The van der Waals surface area contributed by atoms with E-state index in [-0.39, 0.29) is 23.9 Å². The van der Waals surface area contributed by atoms with Crippen molar-refractivity contribution in [1.82, 2.24) is 4.90 Å². The molecule has 0 aliphatic heterocycles. The monoisotopic (exact) mass is 281 g/mol. The summed E-state index contributed by atoms with van der Waals surface area (Å²) in [6.45, 7) is 8.67. The molecule has 1 atom stereocenters. The van der Waals surface area contributed by atoms with Crippen LogP contribution < -0.4 is 11.1 Å². The molecule has 1 aromatic carbocycles. The van der Waals surface area contributed by atoms with Gasteiger partial charge < -0.3 is 11.1 Å². The van der Waals surface area contributed by atoms with E-state index in [2.05, 4.69) is 33.0 Å². The van der Waals surface area contributed by atoms with E-state index in [1.54, 1.807) is 0 Å². The minimum absolute atomic E-state index is 0.0763. The van der Waals surface area contributed by atoms with Gasteiger partial charge in [-0.15, -0.1) is 0 Å². The number of amides is 1. The topological polar surface area (TPSA) is 58.4 Å². The van der Waals surface area contributed by atoms with E-state index in [0.717, 1.165) is 0 Å². The molecule has 0 saturated heterocycles. The molecule has 0 aliphatic carbocycles. The lowest BCUT2D eigenvalue weighted by atomic mass is 9.87. The molecule has 0 radical (unpaired) electrons. The molecular formula is C15H24FN3O. The molecular weight excluding hydrogens is 257 g/mol. The lowest BCUT2D eigenvalue weighted by molar-refractivity contribution is -0.117. The van der Waals surface area contributed by atoms with Gasteiger partial charge in [0, 0.05) is 6.04 Å². The van der Waals surface area contributed by atoms with Crippen molar-refractivity contribution in [2.24, 2.45) is 5.41 Å². The molecule has 3 N–H and O–H groups in total. The van der Waals surface area contributed by atoms with E-state index >= 15 is 0 Å². The summed E-state index contributed by atoms with van der Waals surface area (Å²) in [5.74, 6) is -0.633. The Bertz CT molecular complexity index is 482. The maximum Gasteiger partial charge on any atom is 0.238 e. The van der Waals surface area contributed by atoms with Gasteiger partial charge in [0.2, 0.25) is 5.91 Å². The van der Waals surface area contributed by atoms with Crippen molar-refractivity contribution in [2.45, 2.75) is 33.7 Å². The first-order valence-electron chi connectivity index (χ1n) is 6.66. The van der Waals surface area contributed by atoms with Crippen LogP contribution in [0.2, 0.25) is 0 Å². The highest BCUT2D eigenvalue weighted by Crippen LogP contribution is 2.23. The number of anilines is 2. The summed E-state index contributed by atoms with van der Waals surface area (Å²) in [5.41, 5.74) is 6.44. The molecule has 0 heterocycles. The maximum absolute atomic E-state index is 13.1. The van der Waals surface area contributed by atoms with Crippen molar-refractivity contribution >= 4 is 17.3 Å². The molecule has 4 nitrogen and oxygen atoms in total. The molecule has 0 aliphatic rings. The van der Waals surface area contributed by atoms with E-state index in [1.165, 1.54) is 18.2 Å². The lowest BCUT2D eigenvalue weighted by Gasteiger charge is -2.34. The van der Waals surface area contributed by atoms with E-state index in [1.807, 2.05) is 11.9 Å². The highest BCUT2D eigenvalue weighted by atomic mass is 19.1. The number of nitrogens with one attached hydrogen (secondary N) is 1. The SMILES string of the molecule is CC(N(C)CC(=O)Nc1cc(F)ccc1N)C(C)(C)C. The second kappa shape index (κ2) is 6.22. The van der Waals surface area contributed by atoms with E-state index in [4.69, 9.17) is 5.73 Å². The first kappa shape index (κ1) is 16.4. The van der Waals surface area contributed by atoms with Gasteiger partial charge in [-0.25, -0.2) is 4.39 Å². The molecule has 5 heteroatoms. The number of nitrogens with two attached hydrogens (primary N) is 1. The summed E-state index contributed by atoms with van der Waals surface area (Å²) >= 11 is 0. The molecule has 1 rings (SSSR count). The number of hydrogen-bond donors (Lipinski definition) is 2. The van der Waals surface area contributed by atoms with Crippen molar-refractivity contribution in [3.8, 4) is 0 Å². The highest BCUT2D eigenvalue weighted by molar-refractivity contribution is 5.95. The average Bonchev–Trinajstić information content (AvgIpc) is 2.31. The van der Waals surface area contributed by atoms with Crippen LogP contribution in [0.25, 0.3) is 0 Å². The van der Waals surface area contributed by atoms with Crippen molar-refractivity contribution in [2.75, 3.05) is 24.6 Å². The fraction of sp³-hybridized carbons (Fsp3) is 0.533. The average molecular weight is 281 g/mol. The molecule has 0 spiro atoms. The predicted molar refractivity (Wildman–Crippen MR) is 81.0 cm³/mol. The number of hydrogen-bond acceptors (Lipinski definition) is 3. The zero-order chi connectivity index (χ0) is 15.5. The third kappa shape index (κ3) is 4.49. The van der Waals surface area contributed by atoms with Crippen LogP contribution in [-0.4, -0.2) is 30.4 Å². The Morgan fingerprint density at radius 2 is 2.05 bits per heavy atom. The van der Waals surface area contributed by atoms with Crippen LogP contribution in [0.1, 0.15) is 27.7 Å². The maximum atomic E-state index is 13.1. The standard InChI is InChI=1S/C15H24FN3O/c1-10(15(2,3)4)19(5)9-14(20)18-13-8-11(16)6-7-12(13)17/h6-8,10H,9,17H2,1-5H3,(H,18,20). The van der Waals surface area contributed by atoms with Crippen molar-refractivity contribution in [3.05, 3.63) is 24.0 Å². The number of benzene rings is 1. The van der Waals surface area contributed by atoms with Crippen molar-refractivity contribution < 1.29 is 9.18 Å². The van der Waals surface area contributed by atoms with Gasteiger partial charge in [-0.2, -0.15) is 0 Å².